The van der Waals surface area contributed by atoms with Gasteiger partial charge in [0.25, 0.3) is 0 Å². The van der Waals surface area contributed by atoms with Gasteiger partial charge in [-0.05, 0) is 42.9 Å². The van der Waals surface area contributed by atoms with Crippen molar-refractivity contribution in [2.45, 2.75) is 25.8 Å². The number of aryl methyl sites for hydroxylation is 1. The van der Waals surface area contributed by atoms with E-state index in [0.717, 1.165) is 17.5 Å². The van der Waals surface area contributed by atoms with Gasteiger partial charge in [0.05, 0.1) is 36.2 Å². The number of fused-ring (bicyclic) bond motifs is 5. The number of allylic oxidation sites excluding steroid dienone is 2. The highest BCUT2D eigenvalue weighted by Crippen LogP contribution is 2.54. The van der Waals surface area contributed by atoms with Crippen molar-refractivity contribution in [2.75, 3.05) is 5.32 Å². The normalized spacial score (nSPS) is 27.4. The Morgan fingerprint density at radius 2 is 1.77 bits per heavy atom. The van der Waals surface area contributed by atoms with Gasteiger partial charge >= 0.3 is 0 Å². The van der Waals surface area contributed by atoms with Crippen molar-refractivity contribution < 1.29 is 14.4 Å². The number of nitrogens with zero attached hydrogens (tertiary/aromatic N) is 2. The Labute approximate surface area is 175 Å². The van der Waals surface area contributed by atoms with Crippen LogP contribution in [0.1, 0.15) is 30.0 Å². The summed E-state index contributed by atoms with van der Waals surface area (Å²) in [5.41, 5.74) is 2.46. The summed E-state index contributed by atoms with van der Waals surface area (Å²) in [5.74, 6) is -0.798. The molecule has 2 heterocycles. The molecule has 5 unspecified atom stereocenters. The molecule has 3 amide bonds. The zero-order valence-corrected chi connectivity index (χ0v) is 16.7. The largest absolute Gasteiger partial charge is 0.325 e. The maximum absolute atomic E-state index is 13.3. The third kappa shape index (κ3) is 3.03. The van der Waals surface area contributed by atoms with Gasteiger partial charge < -0.3 is 5.32 Å². The zero-order valence-electron chi connectivity index (χ0n) is 16.7. The summed E-state index contributed by atoms with van der Waals surface area (Å²) in [6.07, 6.45) is 8.26. The topological polar surface area (TPSA) is 79.4 Å². The fraction of sp³-hybridized carbons (Fsp3) is 0.333. The lowest BCUT2D eigenvalue weighted by molar-refractivity contribution is -0.144. The molecule has 6 nitrogen and oxygen atoms in total. The average Bonchev–Trinajstić information content (AvgIpc) is 3.42. The maximum Gasteiger partial charge on any atom is 0.234 e. The molecule has 152 valence electrons. The maximum atomic E-state index is 13.3. The van der Waals surface area contributed by atoms with Crippen LogP contribution in [0.5, 0.6) is 0 Å². The van der Waals surface area contributed by atoms with E-state index in [0.29, 0.717) is 5.69 Å². The van der Waals surface area contributed by atoms with Crippen molar-refractivity contribution in [3.8, 4) is 0 Å². The van der Waals surface area contributed by atoms with Crippen LogP contribution in [0.3, 0.4) is 0 Å². The van der Waals surface area contributed by atoms with E-state index in [1.807, 2.05) is 31.2 Å². The Bertz CT molecular complexity index is 1000. The van der Waals surface area contributed by atoms with Gasteiger partial charge in [-0.25, -0.2) is 0 Å². The number of carbonyl (C=O) groups is 3. The predicted molar refractivity (Wildman–Crippen MR) is 111 cm³/mol. The molecule has 0 radical (unpaired) electrons. The highest BCUT2D eigenvalue weighted by molar-refractivity contribution is 6.07. The van der Waals surface area contributed by atoms with E-state index >= 15 is 0 Å². The van der Waals surface area contributed by atoms with E-state index in [2.05, 4.69) is 22.5 Å². The van der Waals surface area contributed by atoms with Gasteiger partial charge in [0.2, 0.25) is 17.7 Å². The minimum absolute atomic E-state index is 0.0115. The molecule has 5 rings (SSSR count). The molecule has 3 aliphatic rings. The molecule has 2 aliphatic carbocycles. The SMILES string of the molecule is Cc1ccc(C(CC(=O)Nc2cccnc2)N2C(=O)C3C4C=CC(C4)C3C2=O)cc1. The Hall–Kier alpha value is -3.28. The fourth-order valence-electron chi connectivity index (χ4n) is 5.20. The molecule has 2 aromatic rings. The molecule has 5 atom stereocenters. The first kappa shape index (κ1) is 18.7. The Kier molecular flexibility index (Phi) is 4.50. The second kappa shape index (κ2) is 7.20. The minimum Gasteiger partial charge on any atom is -0.325 e. The van der Waals surface area contributed by atoms with Crippen LogP contribution in [0.15, 0.2) is 60.9 Å². The fourth-order valence-corrected chi connectivity index (χ4v) is 5.20. The number of hydrogen-bond acceptors (Lipinski definition) is 4. The summed E-state index contributed by atoms with van der Waals surface area (Å²) in [6.45, 7) is 1.98. The number of benzene rings is 1. The summed E-state index contributed by atoms with van der Waals surface area (Å²) in [6, 6.07) is 10.6. The van der Waals surface area contributed by atoms with Crippen LogP contribution in [-0.2, 0) is 14.4 Å². The van der Waals surface area contributed by atoms with Crippen molar-refractivity contribution >= 4 is 23.4 Å². The molecule has 1 aromatic heterocycles. The highest BCUT2D eigenvalue weighted by Gasteiger charge is 2.60. The predicted octanol–water partition coefficient (Wildman–Crippen LogP) is 3.27. The lowest BCUT2D eigenvalue weighted by Crippen LogP contribution is -2.38. The minimum atomic E-state index is -0.618. The molecule has 1 N–H and O–H groups in total. The molecule has 1 aromatic carbocycles. The number of likely N-dealkylation sites (tertiary alicyclic amines) is 1. The molecule has 1 aliphatic heterocycles. The van der Waals surface area contributed by atoms with E-state index < -0.39 is 6.04 Å². The van der Waals surface area contributed by atoms with Crippen LogP contribution in [0.2, 0.25) is 0 Å². The lowest BCUT2D eigenvalue weighted by atomic mass is 9.85. The van der Waals surface area contributed by atoms with Crippen molar-refractivity contribution in [3.05, 3.63) is 72.1 Å². The molecule has 6 heteroatoms. The molecular weight excluding hydrogens is 378 g/mol. The van der Waals surface area contributed by atoms with Gasteiger partial charge in [-0.1, -0.05) is 42.0 Å². The van der Waals surface area contributed by atoms with Gasteiger partial charge in [0.15, 0.2) is 0 Å². The summed E-state index contributed by atoms with van der Waals surface area (Å²) in [5, 5.41) is 2.82. The third-order valence-electron chi connectivity index (χ3n) is 6.60. The van der Waals surface area contributed by atoms with Crippen LogP contribution in [-0.4, -0.2) is 27.6 Å². The summed E-state index contributed by atoms with van der Waals surface area (Å²) in [4.78, 5) is 44.9. The van der Waals surface area contributed by atoms with Gasteiger partial charge in [-0.15, -0.1) is 0 Å². The number of anilines is 1. The van der Waals surface area contributed by atoms with E-state index in [1.54, 1.807) is 24.5 Å². The molecule has 1 saturated heterocycles. The quantitative estimate of drug-likeness (QED) is 0.616. The number of aromatic nitrogens is 1. The first-order chi connectivity index (χ1) is 14.5. The van der Waals surface area contributed by atoms with Gasteiger partial charge in [0, 0.05) is 6.20 Å². The monoisotopic (exact) mass is 401 g/mol. The zero-order chi connectivity index (χ0) is 20.8. The van der Waals surface area contributed by atoms with Gasteiger partial charge in [0.1, 0.15) is 0 Å². The van der Waals surface area contributed by atoms with E-state index in [9.17, 15) is 14.4 Å². The Balaban J connectivity index is 1.44. The number of rotatable bonds is 5. The van der Waals surface area contributed by atoms with Crippen molar-refractivity contribution in [1.29, 1.82) is 0 Å². The van der Waals surface area contributed by atoms with Crippen LogP contribution >= 0.6 is 0 Å². The molecule has 30 heavy (non-hydrogen) atoms. The number of imide groups is 1. The van der Waals surface area contributed by atoms with Gasteiger partial charge in [-0.2, -0.15) is 0 Å². The summed E-state index contributed by atoms with van der Waals surface area (Å²) >= 11 is 0. The molecular formula is C24H23N3O3. The first-order valence-electron chi connectivity index (χ1n) is 10.3. The molecule has 1 saturated carbocycles. The number of carbonyl (C=O) groups excluding carboxylic acids is 3. The van der Waals surface area contributed by atoms with Crippen LogP contribution < -0.4 is 5.32 Å². The number of hydrogen-bond donors (Lipinski definition) is 1. The van der Waals surface area contributed by atoms with E-state index in [1.165, 1.54) is 4.90 Å². The molecule has 0 spiro atoms. The third-order valence-corrected chi connectivity index (χ3v) is 6.60. The average molecular weight is 401 g/mol. The number of pyridine rings is 1. The lowest BCUT2D eigenvalue weighted by Gasteiger charge is -2.28. The van der Waals surface area contributed by atoms with Gasteiger partial charge in [-0.3, -0.25) is 24.3 Å². The number of amides is 3. The van der Waals surface area contributed by atoms with E-state index in [4.69, 9.17) is 0 Å². The standard InChI is InChI=1S/C24H23N3O3/c1-14-4-6-15(7-5-14)19(12-20(28)26-18-3-2-10-25-13-18)27-23(29)21-16-8-9-17(11-16)22(21)24(27)30/h2-10,13,16-17,19,21-22H,11-12H2,1H3,(H,26,28). The van der Waals surface area contributed by atoms with E-state index in [-0.39, 0.29) is 47.8 Å². The van der Waals surface area contributed by atoms with Crippen molar-refractivity contribution in [3.63, 3.8) is 0 Å². The molecule has 2 bridgehead atoms. The Morgan fingerprint density at radius 1 is 1.10 bits per heavy atom. The highest BCUT2D eigenvalue weighted by atomic mass is 16.2. The summed E-state index contributed by atoms with van der Waals surface area (Å²) in [7, 11) is 0. The molecule has 2 fully saturated rings. The van der Waals surface area contributed by atoms with Crippen LogP contribution in [0.4, 0.5) is 5.69 Å². The first-order valence-corrected chi connectivity index (χ1v) is 10.3. The van der Waals surface area contributed by atoms with Crippen molar-refractivity contribution in [2.24, 2.45) is 23.7 Å². The smallest absolute Gasteiger partial charge is 0.234 e. The van der Waals surface area contributed by atoms with Crippen molar-refractivity contribution in [1.82, 2.24) is 9.88 Å². The summed E-state index contributed by atoms with van der Waals surface area (Å²) < 4.78 is 0. The number of nitrogens with one attached hydrogen (secondary N) is 1. The van der Waals surface area contributed by atoms with Crippen LogP contribution in [0.25, 0.3) is 0 Å². The van der Waals surface area contributed by atoms with Crippen LogP contribution in [0, 0.1) is 30.6 Å². The second-order valence-corrected chi connectivity index (χ2v) is 8.47. The Morgan fingerprint density at radius 3 is 2.37 bits per heavy atom. The second-order valence-electron chi connectivity index (χ2n) is 8.47.